The monoisotopic (exact) mass is 309 g/mol. The van der Waals surface area contributed by atoms with Crippen LogP contribution < -0.4 is 9.47 Å². The van der Waals surface area contributed by atoms with E-state index in [0.717, 1.165) is 28.6 Å². The van der Waals surface area contributed by atoms with Gasteiger partial charge in [0.25, 0.3) is 0 Å². The summed E-state index contributed by atoms with van der Waals surface area (Å²) in [6.45, 7) is 0. The molecule has 0 amide bonds. The van der Waals surface area contributed by atoms with Crippen molar-refractivity contribution in [1.29, 1.82) is 5.26 Å². The van der Waals surface area contributed by atoms with Crippen molar-refractivity contribution in [3.05, 3.63) is 22.2 Å². The molecule has 0 spiro atoms. The number of benzene rings is 1. The van der Waals surface area contributed by atoms with E-state index in [1.165, 1.54) is 12.8 Å². The number of halogens is 1. The highest BCUT2D eigenvalue weighted by molar-refractivity contribution is 9.10. The second kappa shape index (κ2) is 6.10. The molecule has 4 heteroatoms. The Bertz CT molecular complexity index is 462. The molecule has 1 aliphatic carbocycles. The number of ether oxygens (including phenoxy) is 2. The molecule has 0 aromatic heterocycles. The van der Waals surface area contributed by atoms with Gasteiger partial charge in [-0.2, -0.15) is 5.26 Å². The van der Waals surface area contributed by atoms with Crippen LogP contribution in [0.5, 0.6) is 11.5 Å². The van der Waals surface area contributed by atoms with Crippen LogP contribution in [0.1, 0.15) is 31.2 Å². The second-order valence-electron chi connectivity index (χ2n) is 4.47. The molecule has 1 aromatic rings. The summed E-state index contributed by atoms with van der Waals surface area (Å²) in [7, 11) is 1.62. The molecular weight excluding hydrogens is 294 g/mol. The zero-order valence-electron chi connectivity index (χ0n) is 10.4. The van der Waals surface area contributed by atoms with E-state index < -0.39 is 0 Å². The number of hydrogen-bond acceptors (Lipinski definition) is 3. The zero-order valence-corrected chi connectivity index (χ0v) is 12.0. The summed E-state index contributed by atoms with van der Waals surface area (Å²) in [5, 5.41) is 8.74. The van der Waals surface area contributed by atoms with Crippen molar-refractivity contribution >= 4 is 15.9 Å². The van der Waals surface area contributed by atoms with E-state index in [9.17, 15) is 0 Å². The first kappa shape index (κ1) is 13.2. The average molecular weight is 310 g/mol. The third-order valence-electron chi connectivity index (χ3n) is 3.16. The van der Waals surface area contributed by atoms with E-state index in [-0.39, 0.29) is 6.10 Å². The fourth-order valence-corrected chi connectivity index (χ4v) is 2.84. The fraction of sp³-hybridized carbons (Fsp3) is 0.500. The zero-order chi connectivity index (χ0) is 13.0. The van der Waals surface area contributed by atoms with Gasteiger partial charge in [0.15, 0.2) is 11.5 Å². The summed E-state index contributed by atoms with van der Waals surface area (Å²) in [6.07, 6.45) is 5.34. The molecular formula is C14H16BrNO2. The second-order valence-corrected chi connectivity index (χ2v) is 5.32. The average Bonchev–Trinajstić information content (AvgIpc) is 2.85. The number of methoxy groups -OCH3 is 1. The van der Waals surface area contributed by atoms with E-state index in [1.807, 2.05) is 12.1 Å². The first-order valence-corrected chi connectivity index (χ1v) is 6.94. The van der Waals surface area contributed by atoms with Crippen molar-refractivity contribution in [2.45, 2.75) is 38.2 Å². The van der Waals surface area contributed by atoms with Crippen molar-refractivity contribution in [3.63, 3.8) is 0 Å². The maximum atomic E-state index is 8.74. The smallest absolute Gasteiger partial charge is 0.175 e. The molecule has 2 rings (SSSR count). The Morgan fingerprint density at radius 1 is 1.39 bits per heavy atom. The summed E-state index contributed by atoms with van der Waals surface area (Å²) >= 11 is 3.50. The molecule has 0 saturated heterocycles. The van der Waals surface area contributed by atoms with Crippen molar-refractivity contribution in [2.24, 2.45) is 0 Å². The van der Waals surface area contributed by atoms with Crippen molar-refractivity contribution in [2.75, 3.05) is 7.11 Å². The fourth-order valence-electron chi connectivity index (χ4n) is 2.25. The Hall–Kier alpha value is -1.21. The molecule has 0 atom stereocenters. The summed E-state index contributed by atoms with van der Waals surface area (Å²) in [4.78, 5) is 0. The predicted molar refractivity (Wildman–Crippen MR) is 72.9 cm³/mol. The SMILES string of the molecule is COc1cc(CC#N)cc(Br)c1OC1CCCC1. The maximum absolute atomic E-state index is 8.74. The standard InChI is InChI=1S/C14H16BrNO2/c1-17-13-9-10(6-7-16)8-12(15)14(13)18-11-4-2-3-5-11/h8-9,11H,2-6H2,1H3. The van der Waals surface area contributed by atoms with Gasteiger partial charge in [0.2, 0.25) is 0 Å². The van der Waals surface area contributed by atoms with Crippen molar-refractivity contribution in [3.8, 4) is 17.6 Å². The van der Waals surface area contributed by atoms with Crippen LogP contribution in [-0.2, 0) is 6.42 Å². The van der Waals surface area contributed by atoms with Gasteiger partial charge < -0.3 is 9.47 Å². The largest absolute Gasteiger partial charge is 0.493 e. The number of nitriles is 1. The topological polar surface area (TPSA) is 42.2 Å². The minimum Gasteiger partial charge on any atom is -0.493 e. The van der Waals surface area contributed by atoms with Crippen LogP contribution in [0.25, 0.3) is 0 Å². The quantitative estimate of drug-likeness (QED) is 0.848. The normalized spacial score (nSPS) is 15.4. The molecule has 0 bridgehead atoms. The van der Waals surface area contributed by atoms with Crippen LogP contribution in [0.15, 0.2) is 16.6 Å². The molecule has 0 N–H and O–H groups in total. The van der Waals surface area contributed by atoms with Gasteiger partial charge in [-0.3, -0.25) is 0 Å². The lowest BCUT2D eigenvalue weighted by atomic mass is 10.1. The van der Waals surface area contributed by atoms with E-state index in [4.69, 9.17) is 14.7 Å². The first-order valence-electron chi connectivity index (χ1n) is 6.14. The molecule has 0 unspecified atom stereocenters. The van der Waals surface area contributed by atoms with Crippen LogP contribution in [0, 0.1) is 11.3 Å². The predicted octanol–water partition coefficient (Wildman–Crippen LogP) is 3.85. The van der Waals surface area contributed by atoms with Crippen molar-refractivity contribution < 1.29 is 9.47 Å². The molecule has 3 nitrogen and oxygen atoms in total. The van der Waals surface area contributed by atoms with E-state index in [1.54, 1.807) is 7.11 Å². The van der Waals surface area contributed by atoms with Crippen LogP contribution in [0.2, 0.25) is 0 Å². The molecule has 0 aliphatic heterocycles. The van der Waals surface area contributed by atoms with Gasteiger partial charge in [0.1, 0.15) is 0 Å². The Labute approximate surface area is 116 Å². The lowest BCUT2D eigenvalue weighted by Gasteiger charge is -2.18. The van der Waals surface area contributed by atoms with Crippen molar-refractivity contribution in [1.82, 2.24) is 0 Å². The van der Waals surface area contributed by atoms with Crippen LogP contribution in [0.4, 0.5) is 0 Å². The highest BCUT2D eigenvalue weighted by atomic mass is 79.9. The molecule has 1 aromatic carbocycles. The summed E-state index contributed by atoms with van der Waals surface area (Å²) in [5.41, 5.74) is 0.931. The van der Waals surface area contributed by atoms with Gasteiger partial charge in [-0.15, -0.1) is 0 Å². The van der Waals surface area contributed by atoms with Gasteiger partial charge in [0.05, 0.1) is 30.2 Å². The Morgan fingerprint density at radius 2 is 2.11 bits per heavy atom. The van der Waals surface area contributed by atoms with Gasteiger partial charge in [-0.1, -0.05) is 0 Å². The third kappa shape index (κ3) is 2.97. The number of rotatable bonds is 4. The first-order chi connectivity index (χ1) is 8.74. The lowest BCUT2D eigenvalue weighted by Crippen LogP contribution is -2.12. The van der Waals surface area contributed by atoms with Gasteiger partial charge >= 0.3 is 0 Å². The molecule has 1 aliphatic rings. The van der Waals surface area contributed by atoms with E-state index >= 15 is 0 Å². The van der Waals surface area contributed by atoms with E-state index in [0.29, 0.717) is 12.2 Å². The molecule has 96 valence electrons. The lowest BCUT2D eigenvalue weighted by molar-refractivity contribution is 0.199. The van der Waals surface area contributed by atoms with Gasteiger partial charge in [-0.05, 0) is 59.3 Å². The molecule has 1 fully saturated rings. The van der Waals surface area contributed by atoms with Crippen LogP contribution >= 0.6 is 15.9 Å². The minimum atomic E-state index is 0.289. The molecule has 0 radical (unpaired) electrons. The summed E-state index contributed by atoms with van der Waals surface area (Å²) < 4.78 is 12.2. The number of hydrogen-bond donors (Lipinski definition) is 0. The Balaban J connectivity index is 2.25. The summed E-state index contributed by atoms with van der Waals surface area (Å²) in [6, 6.07) is 5.94. The Morgan fingerprint density at radius 3 is 2.72 bits per heavy atom. The van der Waals surface area contributed by atoms with Crippen LogP contribution in [-0.4, -0.2) is 13.2 Å². The molecule has 18 heavy (non-hydrogen) atoms. The van der Waals surface area contributed by atoms with Gasteiger partial charge in [0, 0.05) is 0 Å². The molecule has 0 heterocycles. The number of nitrogens with zero attached hydrogens (tertiary/aromatic N) is 1. The maximum Gasteiger partial charge on any atom is 0.175 e. The van der Waals surface area contributed by atoms with Crippen LogP contribution in [0.3, 0.4) is 0 Å². The van der Waals surface area contributed by atoms with Gasteiger partial charge in [-0.25, -0.2) is 0 Å². The van der Waals surface area contributed by atoms with E-state index in [2.05, 4.69) is 22.0 Å². The minimum absolute atomic E-state index is 0.289. The Kier molecular flexibility index (Phi) is 4.48. The highest BCUT2D eigenvalue weighted by Crippen LogP contribution is 2.39. The molecule has 1 saturated carbocycles. The third-order valence-corrected chi connectivity index (χ3v) is 3.75. The summed E-state index contributed by atoms with van der Waals surface area (Å²) in [5.74, 6) is 1.45. The highest BCUT2D eigenvalue weighted by Gasteiger charge is 2.20.